The average molecular weight is 283 g/mol. The van der Waals surface area contributed by atoms with Crippen LogP contribution >= 0.6 is 0 Å². The van der Waals surface area contributed by atoms with Crippen molar-refractivity contribution in [2.24, 2.45) is 0 Å². The number of aromatic amines is 1. The van der Waals surface area contributed by atoms with E-state index in [9.17, 15) is 14.7 Å². The van der Waals surface area contributed by atoms with E-state index in [1.807, 2.05) is 0 Å². The Balaban J connectivity index is 2.30. The molecule has 2 rings (SSSR count). The van der Waals surface area contributed by atoms with Gasteiger partial charge >= 0.3 is 5.69 Å². The summed E-state index contributed by atoms with van der Waals surface area (Å²) in [7, 11) is 0. The molecule has 4 N–H and O–H groups in total. The number of hydrogen-bond donors (Lipinski definition) is 4. The summed E-state index contributed by atoms with van der Waals surface area (Å²) in [4.78, 5) is 25.6. The van der Waals surface area contributed by atoms with E-state index in [4.69, 9.17) is 15.3 Å². The van der Waals surface area contributed by atoms with Crippen LogP contribution < -0.4 is 11.2 Å². The summed E-state index contributed by atoms with van der Waals surface area (Å²) in [5.74, 6) is 0. The highest BCUT2D eigenvalue weighted by atomic mass is 16.5. The predicted octanol–water partition coefficient (Wildman–Crippen LogP) is -1.24. The molecule has 0 bridgehead atoms. The molecule has 8 nitrogen and oxygen atoms in total. The summed E-state index contributed by atoms with van der Waals surface area (Å²) in [6, 6.07) is 0. The van der Waals surface area contributed by atoms with Crippen LogP contribution in [0.5, 0.6) is 0 Å². The number of rotatable bonds is 5. The first kappa shape index (κ1) is 14.6. The van der Waals surface area contributed by atoms with Crippen molar-refractivity contribution < 1.29 is 14.9 Å². The van der Waals surface area contributed by atoms with E-state index in [1.165, 1.54) is 17.0 Å². The summed E-state index contributed by atoms with van der Waals surface area (Å²) in [5.41, 5.74) is -0.728. The molecule has 20 heavy (non-hydrogen) atoms. The van der Waals surface area contributed by atoms with Crippen LogP contribution in [0.15, 0.2) is 15.8 Å². The van der Waals surface area contributed by atoms with E-state index in [2.05, 4.69) is 4.98 Å². The van der Waals surface area contributed by atoms with Crippen LogP contribution in [0.1, 0.15) is 24.6 Å². The summed E-state index contributed by atoms with van der Waals surface area (Å²) in [6.07, 6.45) is 1.19. The molecule has 0 amide bonds. The molecular formula is C12H17N3O5. The molecule has 1 unspecified atom stereocenters. The van der Waals surface area contributed by atoms with Crippen molar-refractivity contribution >= 4 is 6.21 Å². The monoisotopic (exact) mass is 283 g/mol. The molecule has 0 radical (unpaired) electrons. The van der Waals surface area contributed by atoms with Crippen LogP contribution in [-0.4, -0.2) is 44.8 Å². The van der Waals surface area contributed by atoms with E-state index < -0.39 is 29.7 Å². The molecule has 2 heterocycles. The van der Waals surface area contributed by atoms with Crippen LogP contribution in [0.25, 0.3) is 0 Å². The third kappa shape index (κ3) is 2.87. The van der Waals surface area contributed by atoms with Crippen molar-refractivity contribution in [2.75, 3.05) is 6.61 Å². The first-order chi connectivity index (χ1) is 9.56. The maximum Gasteiger partial charge on any atom is 0.330 e. The van der Waals surface area contributed by atoms with Crippen molar-refractivity contribution in [1.82, 2.24) is 9.55 Å². The van der Waals surface area contributed by atoms with Crippen LogP contribution in [0, 0.1) is 5.41 Å². The third-order valence-electron chi connectivity index (χ3n) is 3.29. The van der Waals surface area contributed by atoms with Crippen LogP contribution in [-0.2, 0) is 11.2 Å². The quantitative estimate of drug-likeness (QED) is 0.502. The largest absolute Gasteiger partial charge is 0.394 e. The summed E-state index contributed by atoms with van der Waals surface area (Å²) in [6.45, 7) is -0.337. The fraction of sp³-hybridized carbons (Fsp3) is 0.583. The highest BCUT2D eigenvalue weighted by Gasteiger charge is 2.35. The molecule has 0 saturated carbocycles. The van der Waals surface area contributed by atoms with Crippen molar-refractivity contribution in [1.29, 1.82) is 5.41 Å². The number of nitrogens with one attached hydrogen (secondary N) is 2. The highest BCUT2D eigenvalue weighted by molar-refractivity contribution is 5.53. The van der Waals surface area contributed by atoms with Crippen LogP contribution in [0.4, 0.5) is 0 Å². The number of aromatic nitrogens is 2. The van der Waals surface area contributed by atoms with Gasteiger partial charge in [-0.15, -0.1) is 0 Å². The normalized spacial score (nSPS) is 25.8. The van der Waals surface area contributed by atoms with Gasteiger partial charge in [0.15, 0.2) is 0 Å². The second kappa shape index (κ2) is 6.12. The molecular weight excluding hydrogens is 266 g/mol. The second-order valence-electron chi connectivity index (χ2n) is 4.68. The van der Waals surface area contributed by atoms with Gasteiger partial charge in [-0.1, -0.05) is 0 Å². The van der Waals surface area contributed by atoms with Crippen LogP contribution in [0.3, 0.4) is 0 Å². The lowest BCUT2D eigenvalue weighted by molar-refractivity contribution is -0.0459. The van der Waals surface area contributed by atoms with Crippen molar-refractivity contribution in [3.8, 4) is 0 Å². The number of H-pyrrole nitrogens is 1. The minimum absolute atomic E-state index is 0.168. The lowest BCUT2D eigenvalue weighted by Crippen LogP contribution is -2.34. The minimum Gasteiger partial charge on any atom is -0.394 e. The third-order valence-corrected chi connectivity index (χ3v) is 3.29. The van der Waals surface area contributed by atoms with Gasteiger partial charge < -0.3 is 20.4 Å². The number of aliphatic hydroxyl groups excluding tert-OH is 2. The van der Waals surface area contributed by atoms with Crippen LogP contribution in [0.2, 0.25) is 0 Å². The molecule has 1 aromatic heterocycles. The molecule has 3 atom stereocenters. The number of nitrogens with zero attached hydrogens (tertiary/aromatic N) is 1. The summed E-state index contributed by atoms with van der Waals surface area (Å²) >= 11 is 0. The zero-order chi connectivity index (χ0) is 14.7. The maximum atomic E-state index is 11.8. The fourth-order valence-corrected chi connectivity index (χ4v) is 2.20. The van der Waals surface area contributed by atoms with Gasteiger partial charge in [0.25, 0.3) is 5.56 Å². The fourth-order valence-electron chi connectivity index (χ4n) is 2.20. The number of hydrogen-bond acceptors (Lipinski definition) is 6. The molecule has 1 saturated heterocycles. The zero-order valence-electron chi connectivity index (χ0n) is 10.8. The first-order valence-electron chi connectivity index (χ1n) is 6.34. The van der Waals surface area contributed by atoms with E-state index in [0.29, 0.717) is 18.4 Å². The molecule has 1 aliphatic heterocycles. The van der Waals surface area contributed by atoms with Gasteiger partial charge in [0.05, 0.1) is 12.7 Å². The van der Waals surface area contributed by atoms with Gasteiger partial charge in [-0.05, 0) is 19.1 Å². The first-order valence-corrected chi connectivity index (χ1v) is 6.34. The Bertz CT molecular complexity index is 593. The molecule has 1 aromatic rings. The van der Waals surface area contributed by atoms with Gasteiger partial charge in [-0.25, -0.2) is 4.79 Å². The molecule has 1 fully saturated rings. The highest BCUT2D eigenvalue weighted by Crippen LogP contribution is 2.27. The summed E-state index contributed by atoms with van der Waals surface area (Å²) < 4.78 is 6.59. The second-order valence-corrected chi connectivity index (χ2v) is 4.68. The van der Waals surface area contributed by atoms with E-state index in [1.54, 1.807) is 0 Å². The molecule has 8 heteroatoms. The van der Waals surface area contributed by atoms with Gasteiger partial charge in [0, 0.05) is 18.2 Å². The topological polar surface area (TPSA) is 128 Å². The maximum absolute atomic E-state index is 11.8. The van der Waals surface area contributed by atoms with Gasteiger partial charge in [-0.2, -0.15) is 0 Å². The molecule has 1 aliphatic rings. The molecule has 110 valence electrons. The Morgan fingerprint density at radius 1 is 1.55 bits per heavy atom. The molecule has 0 aliphatic carbocycles. The Labute approximate surface area is 114 Å². The van der Waals surface area contributed by atoms with Crippen molar-refractivity contribution in [3.05, 3.63) is 32.6 Å². The Morgan fingerprint density at radius 3 is 2.90 bits per heavy atom. The Morgan fingerprint density at radius 2 is 2.30 bits per heavy atom. The van der Waals surface area contributed by atoms with Gasteiger partial charge in [0.1, 0.15) is 12.3 Å². The van der Waals surface area contributed by atoms with Crippen molar-refractivity contribution in [3.63, 3.8) is 0 Å². The number of ether oxygens (including phenoxy) is 1. The molecule has 0 spiro atoms. The summed E-state index contributed by atoms with van der Waals surface area (Å²) in [5, 5.41) is 25.7. The molecule has 0 aromatic carbocycles. The lowest BCUT2D eigenvalue weighted by atomic mass is 10.2. The van der Waals surface area contributed by atoms with Crippen molar-refractivity contribution in [2.45, 2.75) is 37.7 Å². The van der Waals surface area contributed by atoms with E-state index in [-0.39, 0.29) is 13.0 Å². The van der Waals surface area contributed by atoms with Gasteiger partial charge in [0.2, 0.25) is 0 Å². The average Bonchev–Trinajstić information content (AvgIpc) is 2.79. The zero-order valence-corrected chi connectivity index (χ0v) is 10.8. The standard InChI is InChI=1S/C12H17N3O5/c13-3-1-2-7-5-15(12(19)14-11(7)18)10-4-8(17)9(6-16)20-10/h3,5,8-10,13,16-17H,1-2,4,6H2,(H,14,18,19)/t8?,9-,10-/m0/s1. The lowest BCUT2D eigenvalue weighted by Gasteiger charge is -2.15. The van der Waals surface area contributed by atoms with Gasteiger partial charge in [-0.3, -0.25) is 14.3 Å². The minimum atomic E-state index is -0.853. The Kier molecular flexibility index (Phi) is 4.48. The number of aliphatic hydroxyl groups is 2. The number of aryl methyl sites for hydroxylation is 1. The van der Waals surface area contributed by atoms with E-state index in [0.717, 1.165) is 0 Å². The predicted molar refractivity (Wildman–Crippen MR) is 70.0 cm³/mol. The smallest absolute Gasteiger partial charge is 0.330 e. The Hall–Kier alpha value is -1.77. The SMILES string of the molecule is N=CCCc1cn([C@@H]2CC(O)[C@H](CO)O2)c(=O)[nH]c1=O. The van der Waals surface area contributed by atoms with E-state index >= 15 is 0 Å².